The number of nitrogens with one attached hydrogen (secondary N) is 2. The van der Waals surface area contributed by atoms with Crippen LogP contribution in [0.3, 0.4) is 0 Å². The van der Waals surface area contributed by atoms with E-state index in [0.29, 0.717) is 21.4 Å². The third-order valence-corrected chi connectivity index (χ3v) is 4.57. The first-order valence-electron chi connectivity index (χ1n) is 7.18. The zero-order chi connectivity index (χ0) is 18.7. The summed E-state index contributed by atoms with van der Waals surface area (Å²) in [5.74, 6) is 0.0290. The fourth-order valence-corrected chi connectivity index (χ4v) is 2.87. The van der Waals surface area contributed by atoms with Gasteiger partial charge in [-0.2, -0.15) is 0 Å². The van der Waals surface area contributed by atoms with Crippen molar-refractivity contribution in [3.05, 3.63) is 73.4 Å². The molecule has 2 N–H and O–H groups in total. The molecule has 7 nitrogen and oxygen atoms in total. The van der Waals surface area contributed by atoms with Gasteiger partial charge in [0.05, 0.1) is 21.3 Å². The molecule has 0 fully saturated rings. The first kappa shape index (κ1) is 18.4. The molecule has 1 heterocycles. The van der Waals surface area contributed by atoms with Gasteiger partial charge in [-0.15, -0.1) is 0 Å². The first-order chi connectivity index (χ1) is 12.5. The summed E-state index contributed by atoms with van der Waals surface area (Å²) in [6.07, 6.45) is 1.22. The van der Waals surface area contributed by atoms with Crippen LogP contribution in [0.4, 0.5) is 28.7 Å². The summed E-state index contributed by atoms with van der Waals surface area (Å²) >= 11 is 15.5. The number of benzene rings is 2. The van der Waals surface area contributed by atoms with Gasteiger partial charge >= 0.3 is 5.69 Å². The Balaban J connectivity index is 2.03. The standard InChI is InChI=1S/C16H10BrCl2N5O2/c17-10-3-1-2-4-12(10)22-15-14(24(25)26)16(21-8-20-15)23-13-7-9(18)5-6-11(13)19/h1-8H,(H2,20,21,22,23). The Labute approximate surface area is 166 Å². The van der Waals surface area contributed by atoms with Crippen molar-refractivity contribution in [2.45, 2.75) is 0 Å². The van der Waals surface area contributed by atoms with Crippen molar-refractivity contribution in [1.82, 2.24) is 9.97 Å². The summed E-state index contributed by atoms with van der Waals surface area (Å²) in [6, 6.07) is 11.9. The lowest BCUT2D eigenvalue weighted by atomic mass is 10.3. The predicted octanol–water partition coefficient (Wildman–Crippen LogP) is 5.94. The fraction of sp³-hybridized carbons (Fsp3) is 0. The molecule has 1 aromatic heterocycles. The van der Waals surface area contributed by atoms with Crippen molar-refractivity contribution in [2.75, 3.05) is 10.6 Å². The van der Waals surface area contributed by atoms with Crippen LogP contribution in [0.5, 0.6) is 0 Å². The third-order valence-electron chi connectivity index (χ3n) is 3.31. The Morgan fingerprint density at radius 1 is 1.00 bits per heavy atom. The van der Waals surface area contributed by atoms with Gasteiger partial charge in [0.1, 0.15) is 6.33 Å². The zero-order valence-electron chi connectivity index (χ0n) is 12.9. The fourth-order valence-electron chi connectivity index (χ4n) is 2.15. The van der Waals surface area contributed by atoms with Gasteiger partial charge in [-0.3, -0.25) is 10.1 Å². The molecule has 0 aliphatic heterocycles. The molecule has 0 aliphatic rings. The lowest BCUT2D eigenvalue weighted by Crippen LogP contribution is -2.06. The van der Waals surface area contributed by atoms with E-state index in [-0.39, 0.29) is 17.3 Å². The highest BCUT2D eigenvalue weighted by Gasteiger charge is 2.24. The van der Waals surface area contributed by atoms with Crippen LogP contribution in [-0.2, 0) is 0 Å². The van der Waals surface area contributed by atoms with Crippen LogP contribution in [0.1, 0.15) is 0 Å². The molecule has 10 heteroatoms. The second kappa shape index (κ2) is 7.86. The maximum absolute atomic E-state index is 11.6. The largest absolute Gasteiger partial charge is 0.353 e. The van der Waals surface area contributed by atoms with E-state index in [1.807, 2.05) is 6.07 Å². The van der Waals surface area contributed by atoms with Gasteiger partial charge in [-0.05, 0) is 46.3 Å². The van der Waals surface area contributed by atoms with Crippen LogP contribution < -0.4 is 10.6 Å². The van der Waals surface area contributed by atoms with E-state index in [4.69, 9.17) is 23.2 Å². The molecule has 0 amide bonds. The minimum Gasteiger partial charge on any atom is -0.333 e. The van der Waals surface area contributed by atoms with Gasteiger partial charge in [0, 0.05) is 9.50 Å². The van der Waals surface area contributed by atoms with Gasteiger partial charge in [-0.1, -0.05) is 35.3 Å². The molecular weight excluding hydrogens is 445 g/mol. The van der Waals surface area contributed by atoms with Crippen LogP contribution in [0.25, 0.3) is 0 Å². The number of halogens is 3. The summed E-state index contributed by atoms with van der Waals surface area (Å²) < 4.78 is 0.736. The smallest absolute Gasteiger partial charge is 0.333 e. The van der Waals surface area contributed by atoms with Crippen molar-refractivity contribution >= 4 is 67.8 Å². The summed E-state index contributed by atoms with van der Waals surface area (Å²) in [5, 5.41) is 18.2. The highest BCUT2D eigenvalue weighted by atomic mass is 79.9. The third kappa shape index (κ3) is 4.04. The van der Waals surface area contributed by atoms with Gasteiger partial charge in [0.2, 0.25) is 11.6 Å². The molecule has 0 saturated carbocycles. The summed E-state index contributed by atoms with van der Waals surface area (Å²) in [5.41, 5.74) is 0.702. The lowest BCUT2D eigenvalue weighted by molar-refractivity contribution is -0.383. The normalized spacial score (nSPS) is 10.4. The Morgan fingerprint density at radius 3 is 2.31 bits per heavy atom. The number of nitrogens with zero attached hydrogens (tertiary/aromatic N) is 3. The first-order valence-corrected chi connectivity index (χ1v) is 8.73. The second-order valence-corrected chi connectivity index (χ2v) is 6.73. The number of aromatic nitrogens is 2. The van der Waals surface area contributed by atoms with Crippen molar-refractivity contribution in [3.63, 3.8) is 0 Å². The number of anilines is 4. The number of nitro groups is 1. The van der Waals surface area contributed by atoms with Gasteiger partial charge in [-0.25, -0.2) is 9.97 Å². The van der Waals surface area contributed by atoms with E-state index in [1.54, 1.807) is 36.4 Å². The van der Waals surface area contributed by atoms with Gasteiger partial charge < -0.3 is 10.6 Å². The average Bonchev–Trinajstić information content (AvgIpc) is 2.60. The predicted molar refractivity (Wildman–Crippen MR) is 106 cm³/mol. The molecule has 132 valence electrons. The number of rotatable bonds is 5. The van der Waals surface area contributed by atoms with Crippen molar-refractivity contribution in [3.8, 4) is 0 Å². The molecule has 0 atom stereocenters. The van der Waals surface area contributed by atoms with Crippen LogP contribution in [0.15, 0.2) is 53.3 Å². The van der Waals surface area contributed by atoms with E-state index < -0.39 is 4.92 Å². The highest BCUT2D eigenvalue weighted by Crippen LogP contribution is 2.36. The molecule has 26 heavy (non-hydrogen) atoms. The molecular formula is C16H10BrCl2N5O2. The summed E-state index contributed by atoms with van der Waals surface area (Å²) in [6.45, 7) is 0. The molecule has 2 aromatic carbocycles. The van der Waals surface area contributed by atoms with E-state index in [2.05, 4.69) is 36.5 Å². The van der Waals surface area contributed by atoms with E-state index in [9.17, 15) is 10.1 Å². The molecule has 0 spiro atoms. The molecule has 0 bridgehead atoms. The zero-order valence-corrected chi connectivity index (χ0v) is 16.0. The summed E-state index contributed by atoms with van der Waals surface area (Å²) in [7, 11) is 0. The Kier molecular flexibility index (Phi) is 5.55. The Morgan fingerprint density at radius 2 is 1.65 bits per heavy atom. The van der Waals surface area contributed by atoms with Gasteiger partial charge in [0.15, 0.2) is 0 Å². The van der Waals surface area contributed by atoms with Crippen molar-refractivity contribution in [2.24, 2.45) is 0 Å². The Bertz CT molecular complexity index is 987. The molecule has 3 aromatic rings. The van der Waals surface area contributed by atoms with E-state index in [1.165, 1.54) is 6.33 Å². The Hall–Kier alpha value is -2.42. The number of hydrogen-bond acceptors (Lipinski definition) is 6. The molecule has 0 saturated heterocycles. The second-order valence-electron chi connectivity index (χ2n) is 5.03. The quantitative estimate of drug-likeness (QED) is 0.366. The molecule has 0 aliphatic carbocycles. The topological polar surface area (TPSA) is 93.0 Å². The van der Waals surface area contributed by atoms with Crippen LogP contribution in [0, 0.1) is 10.1 Å². The van der Waals surface area contributed by atoms with Crippen molar-refractivity contribution < 1.29 is 4.92 Å². The van der Waals surface area contributed by atoms with Gasteiger partial charge in [0.25, 0.3) is 0 Å². The molecule has 0 radical (unpaired) electrons. The van der Waals surface area contributed by atoms with Crippen molar-refractivity contribution in [1.29, 1.82) is 0 Å². The number of para-hydroxylation sites is 1. The minimum atomic E-state index is -0.569. The van der Waals surface area contributed by atoms with E-state index in [0.717, 1.165) is 4.47 Å². The van der Waals surface area contributed by atoms with Crippen LogP contribution in [-0.4, -0.2) is 14.9 Å². The minimum absolute atomic E-state index is 0.0104. The SMILES string of the molecule is O=[N+]([O-])c1c(Nc2cc(Cl)ccc2Cl)ncnc1Nc1ccccc1Br. The molecule has 0 unspecified atom stereocenters. The lowest BCUT2D eigenvalue weighted by Gasteiger charge is -2.12. The maximum atomic E-state index is 11.6. The summed E-state index contributed by atoms with van der Waals surface area (Å²) in [4.78, 5) is 19.0. The number of hydrogen-bond donors (Lipinski definition) is 2. The van der Waals surface area contributed by atoms with Crippen LogP contribution >= 0.6 is 39.1 Å². The van der Waals surface area contributed by atoms with Crippen LogP contribution in [0.2, 0.25) is 10.0 Å². The van der Waals surface area contributed by atoms with E-state index >= 15 is 0 Å². The monoisotopic (exact) mass is 453 g/mol. The average molecular weight is 455 g/mol. The highest BCUT2D eigenvalue weighted by molar-refractivity contribution is 9.10. The maximum Gasteiger partial charge on any atom is 0.353 e. The molecule has 3 rings (SSSR count).